The molecule has 1 unspecified atom stereocenters. The van der Waals surface area contributed by atoms with Gasteiger partial charge in [-0.05, 0) is 31.2 Å². The minimum Gasteiger partial charge on any atom is -0.313 e. The summed E-state index contributed by atoms with van der Waals surface area (Å²) >= 11 is 5.66. The number of hydrogen-bond donors (Lipinski definition) is 1. The fraction of sp³-hybridized carbons (Fsp3) is 0.538. The summed E-state index contributed by atoms with van der Waals surface area (Å²) < 4.78 is 13.3. The van der Waals surface area contributed by atoms with E-state index >= 15 is 0 Å². The van der Waals surface area contributed by atoms with Gasteiger partial charge in [-0.15, -0.1) is 0 Å². The third-order valence-electron chi connectivity index (χ3n) is 2.79. The quantitative estimate of drug-likeness (QED) is 0.734. The minimum atomic E-state index is -0.338. The molecule has 0 aliphatic rings. The Morgan fingerprint density at radius 1 is 1.38 bits per heavy atom. The molecule has 0 aliphatic heterocycles. The van der Waals surface area contributed by atoms with Crippen LogP contribution in [0.5, 0.6) is 0 Å². The van der Waals surface area contributed by atoms with Gasteiger partial charge in [0.25, 0.3) is 0 Å². The lowest BCUT2D eigenvalue weighted by molar-refractivity contribution is 0.508. The molecule has 90 valence electrons. The van der Waals surface area contributed by atoms with Gasteiger partial charge in [0.1, 0.15) is 5.82 Å². The van der Waals surface area contributed by atoms with Gasteiger partial charge in [0.2, 0.25) is 0 Å². The van der Waals surface area contributed by atoms with Crippen molar-refractivity contribution in [2.45, 2.75) is 38.6 Å². The molecule has 0 fully saturated rings. The topological polar surface area (TPSA) is 12.0 Å². The van der Waals surface area contributed by atoms with E-state index in [0.29, 0.717) is 0 Å². The molecule has 1 atom stereocenters. The van der Waals surface area contributed by atoms with Gasteiger partial charge >= 0.3 is 0 Å². The van der Waals surface area contributed by atoms with Crippen molar-refractivity contribution in [1.82, 2.24) is 5.32 Å². The summed E-state index contributed by atoms with van der Waals surface area (Å²) in [5.74, 6) is -0.338. The third-order valence-corrected chi connectivity index (χ3v) is 3.10. The molecular weight excluding hydrogens is 225 g/mol. The molecule has 1 N–H and O–H groups in total. The Morgan fingerprint density at radius 3 is 2.69 bits per heavy atom. The summed E-state index contributed by atoms with van der Waals surface area (Å²) in [6.07, 6.45) is 4.61. The van der Waals surface area contributed by atoms with Crippen LogP contribution in [0.4, 0.5) is 4.39 Å². The number of halogens is 2. The van der Waals surface area contributed by atoms with E-state index in [-0.39, 0.29) is 16.9 Å². The van der Waals surface area contributed by atoms with Crippen LogP contribution in [0.3, 0.4) is 0 Å². The molecule has 0 bridgehead atoms. The van der Waals surface area contributed by atoms with Crippen LogP contribution in [-0.2, 0) is 0 Å². The highest BCUT2D eigenvalue weighted by molar-refractivity contribution is 6.30. The first kappa shape index (κ1) is 13.5. The number of nitrogens with one attached hydrogen (secondary N) is 1. The maximum absolute atomic E-state index is 13.3. The fourth-order valence-electron chi connectivity index (χ4n) is 1.81. The Kier molecular flexibility index (Phi) is 5.78. The predicted octanol–water partition coefficient (Wildman–Crippen LogP) is 4.32. The Balaban J connectivity index is 2.67. The number of benzene rings is 1. The molecule has 0 aliphatic carbocycles. The fourth-order valence-corrected chi connectivity index (χ4v) is 1.92. The van der Waals surface area contributed by atoms with Crippen LogP contribution >= 0.6 is 11.6 Å². The van der Waals surface area contributed by atoms with Crippen LogP contribution in [-0.4, -0.2) is 7.05 Å². The van der Waals surface area contributed by atoms with Crippen molar-refractivity contribution in [3.63, 3.8) is 0 Å². The summed E-state index contributed by atoms with van der Waals surface area (Å²) in [5.41, 5.74) is 0.973. The molecular formula is C13H19ClFN. The summed E-state index contributed by atoms with van der Waals surface area (Å²) in [5, 5.41) is 3.40. The zero-order valence-electron chi connectivity index (χ0n) is 9.89. The summed E-state index contributed by atoms with van der Waals surface area (Å²) in [6, 6.07) is 5.25. The van der Waals surface area contributed by atoms with Gasteiger partial charge in [-0.25, -0.2) is 4.39 Å². The van der Waals surface area contributed by atoms with Gasteiger partial charge in [-0.2, -0.15) is 0 Å². The Morgan fingerprint density at radius 2 is 2.12 bits per heavy atom. The number of rotatable bonds is 6. The van der Waals surface area contributed by atoms with E-state index in [9.17, 15) is 4.39 Å². The average molecular weight is 244 g/mol. The van der Waals surface area contributed by atoms with Crippen LogP contribution in [0.25, 0.3) is 0 Å². The molecule has 0 saturated heterocycles. The summed E-state index contributed by atoms with van der Waals surface area (Å²) in [6.45, 7) is 2.18. The minimum absolute atomic E-state index is 0.187. The van der Waals surface area contributed by atoms with Gasteiger partial charge in [0.05, 0.1) is 5.02 Å². The maximum atomic E-state index is 13.3. The molecule has 0 saturated carbocycles. The molecule has 0 radical (unpaired) electrons. The molecule has 1 rings (SSSR count). The second kappa shape index (κ2) is 6.87. The Labute approximate surface area is 102 Å². The van der Waals surface area contributed by atoms with Crippen LogP contribution in [0.1, 0.15) is 44.2 Å². The first-order chi connectivity index (χ1) is 7.69. The van der Waals surface area contributed by atoms with Crippen molar-refractivity contribution in [2.24, 2.45) is 0 Å². The lowest BCUT2D eigenvalue weighted by Gasteiger charge is -2.16. The number of unbranched alkanes of at least 4 members (excludes halogenated alkanes) is 2. The van der Waals surface area contributed by atoms with Crippen molar-refractivity contribution in [2.75, 3.05) is 7.05 Å². The van der Waals surface area contributed by atoms with E-state index in [0.717, 1.165) is 18.4 Å². The normalized spacial score (nSPS) is 12.8. The van der Waals surface area contributed by atoms with Crippen LogP contribution < -0.4 is 5.32 Å². The van der Waals surface area contributed by atoms with Crippen molar-refractivity contribution in [1.29, 1.82) is 0 Å². The maximum Gasteiger partial charge on any atom is 0.142 e. The lowest BCUT2D eigenvalue weighted by Crippen LogP contribution is -2.16. The van der Waals surface area contributed by atoms with E-state index in [1.807, 2.05) is 13.1 Å². The predicted molar refractivity (Wildman–Crippen MR) is 67.4 cm³/mol. The molecule has 0 spiro atoms. The molecule has 1 aromatic rings. The van der Waals surface area contributed by atoms with E-state index in [2.05, 4.69) is 12.2 Å². The van der Waals surface area contributed by atoms with Gasteiger partial charge in [0.15, 0.2) is 0 Å². The van der Waals surface area contributed by atoms with Gasteiger partial charge < -0.3 is 5.32 Å². The first-order valence-electron chi connectivity index (χ1n) is 5.81. The van der Waals surface area contributed by atoms with Gasteiger partial charge in [-0.1, -0.05) is 43.9 Å². The van der Waals surface area contributed by atoms with Gasteiger partial charge in [0, 0.05) is 6.04 Å². The van der Waals surface area contributed by atoms with Crippen LogP contribution in [0.15, 0.2) is 18.2 Å². The van der Waals surface area contributed by atoms with Crippen LogP contribution in [0, 0.1) is 5.82 Å². The standard InChI is InChI=1S/C13H19ClFN/c1-3-4-5-6-13(16-2)10-7-8-11(14)12(15)9-10/h7-9,13,16H,3-6H2,1-2H3. The first-order valence-corrected chi connectivity index (χ1v) is 6.19. The second-order valence-electron chi connectivity index (χ2n) is 4.01. The highest BCUT2D eigenvalue weighted by atomic mass is 35.5. The van der Waals surface area contributed by atoms with E-state index in [4.69, 9.17) is 11.6 Å². The molecule has 1 nitrogen and oxygen atoms in total. The Hall–Kier alpha value is -0.600. The Bertz CT molecular complexity index is 328. The lowest BCUT2D eigenvalue weighted by atomic mass is 10.0. The van der Waals surface area contributed by atoms with Crippen LogP contribution in [0.2, 0.25) is 5.02 Å². The smallest absolute Gasteiger partial charge is 0.142 e. The van der Waals surface area contributed by atoms with Crippen molar-refractivity contribution in [3.8, 4) is 0 Å². The summed E-state index contributed by atoms with van der Waals surface area (Å²) in [4.78, 5) is 0. The zero-order chi connectivity index (χ0) is 12.0. The van der Waals surface area contributed by atoms with Crippen molar-refractivity contribution >= 4 is 11.6 Å². The van der Waals surface area contributed by atoms with Crippen molar-refractivity contribution < 1.29 is 4.39 Å². The number of hydrogen-bond acceptors (Lipinski definition) is 1. The van der Waals surface area contributed by atoms with Gasteiger partial charge in [-0.3, -0.25) is 0 Å². The summed E-state index contributed by atoms with van der Waals surface area (Å²) in [7, 11) is 1.91. The third kappa shape index (κ3) is 3.76. The second-order valence-corrected chi connectivity index (χ2v) is 4.42. The zero-order valence-corrected chi connectivity index (χ0v) is 10.6. The molecule has 3 heteroatoms. The SMILES string of the molecule is CCCCCC(NC)c1ccc(Cl)c(F)c1. The average Bonchev–Trinajstić information content (AvgIpc) is 2.29. The van der Waals surface area contributed by atoms with E-state index in [1.54, 1.807) is 6.07 Å². The highest BCUT2D eigenvalue weighted by Crippen LogP contribution is 2.23. The molecule has 0 heterocycles. The van der Waals surface area contributed by atoms with E-state index < -0.39 is 0 Å². The van der Waals surface area contributed by atoms with Crippen molar-refractivity contribution in [3.05, 3.63) is 34.6 Å². The molecule has 16 heavy (non-hydrogen) atoms. The highest BCUT2D eigenvalue weighted by Gasteiger charge is 2.10. The largest absolute Gasteiger partial charge is 0.313 e. The monoisotopic (exact) mass is 243 g/mol. The van der Waals surface area contributed by atoms with E-state index in [1.165, 1.54) is 18.9 Å². The molecule has 1 aromatic carbocycles. The molecule has 0 aromatic heterocycles. The molecule has 0 amide bonds.